The van der Waals surface area contributed by atoms with E-state index in [-0.39, 0.29) is 6.10 Å². The van der Waals surface area contributed by atoms with Crippen LogP contribution in [0.3, 0.4) is 0 Å². The fourth-order valence-corrected chi connectivity index (χ4v) is 3.87. The number of aliphatic hydroxyl groups excluding tert-OH is 1. The van der Waals surface area contributed by atoms with E-state index in [1.54, 1.807) is 0 Å². The van der Waals surface area contributed by atoms with Crippen LogP contribution in [0.15, 0.2) is 0 Å². The van der Waals surface area contributed by atoms with E-state index in [0.29, 0.717) is 12.1 Å². The second kappa shape index (κ2) is 6.19. The number of aliphatic hydroxyl groups is 1. The van der Waals surface area contributed by atoms with Gasteiger partial charge in [-0.15, -0.1) is 0 Å². The van der Waals surface area contributed by atoms with Gasteiger partial charge in [0.05, 0.1) is 6.10 Å². The third-order valence-corrected chi connectivity index (χ3v) is 4.61. The van der Waals surface area contributed by atoms with Crippen LogP contribution in [0, 0.1) is 11.8 Å². The van der Waals surface area contributed by atoms with Gasteiger partial charge in [0.1, 0.15) is 0 Å². The molecule has 2 rings (SSSR count). The third-order valence-electron chi connectivity index (χ3n) is 4.61. The highest BCUT2D eigenvalue weighted by Gasteiger charge is 2.28. The smallest absolute Gasteiger partial charge is 0.0693 e. The molecule has 100 valence electrons. The molecule has 0 aromatic rings. The van der Waals surface area contributed by atoms with Crippen molar-refractivity contribution in [1.82, 2.24) is 5.32 Å². The zero-order valence-electron chi connectivity index (χ0n) is 11.5. The first kappa shape index (κ1) is 13.4. The Morgan fingerprint density at radius 3 is 2.24 bits per heavy atom. The van der Waals surface area contributed by atoms with Crippen LogP contribution >= 0.6 is 0 Å². The quantitative estimate of drug-likeness (QED) is 0.726. The number of nitrogens with one attached hydrogen (secondary N) is 1. The largest absolute Gasteiger partial charge is 0.392 e. The minimum atomic E-state index is -0.106. The molecule has 2 aliphatic rings. The standard InChI is InChI=1S/C15H29NO/c1-11-8-12(2)10-13(9-11)16-14-6-4-3-5-7-15(14)17/h11-17H,3-10H2,1-2H3. The van der Waals surface area contributed by atoms with Gasteiger partial charge in [0, 0.05) is 12.1 Å². The normalized spacial score (nSPS) is 44.3. The predicted octanol–water partition coefficient (Wildman–Crippen LogP) is 3.09. The van der Waals surface area contributed by atoms with E-state index in [4.69, 9.17) is 0 Å². The molecular formula is C15H29NO. The molecule has 0 heterocycles. The second-order valence-electron chi connectivity index (χ2n) is 6.59. The Kier molecular flexibility index (Phi) is 4.87. The molecule has 0 aliphatic heterocycles. The number of rotatable bonds is 2. The van der Waals surface area contributed by atoms with Gasteiger partial charge < -0.3 is 10.4 Å². The molecule has 0 saturated heterocycles. The Balaban J connectivity index is 1.85. The molecule has 2 saturated carbocycles. The molecule has 2 fully saturated rings. The topological polar surface area (TPSA) is 32.3 Å². The van der Waals surface area contributed by atoms with Crippen LogP contribution in [0.5, 0.6) is 0 Å². The van der Waals surface area contributed by atoms with Crippen LogP contribution in [0.25, 0.3) is 0 Å². The van der Waals surface area contributed by atoms with Crippen molar-refractivity contribution in [2.75, 3.05) is 0 Å². The molecule has 17 heavy (non-hydrogen) atoms. The summed E-state index contributed by atoms with van der Waals surface area (Å²) in [6.45, 7) is 4.74. The summed E-state index contributed by atoms with van der Waals surface area (Å²) in [4.78, 5) is 0. The average Bonchev–Trinajstić information content (AvgIpc) is 2.43. The van der Waals surface area contributed by atoms with Crippen LogP contribution < -0.4 is 5.32 Å². The first-order valence-corrected chi connectivity index (χ1v) is 7.59. The van der Waals surface area contributed by atoms with E-state index in [0.717, 1.165) is 18.3 Å². The monoisotopic (exact) mass is 239 g/mol. The van der Waals surface area contributed by atoms with Gasteiger partial charge in [0.25, 0.3) is 0 Å². The van der Waals surface area contributed by atoms with E-state index in [1.165, 1.54) is 44.9 Å². The van der Waals surface area contributed by atoms with Gasteiger partial charge >= 0.3 is 0 Å². The molecule has 0 radical (unpaired) electrons. The van der Waals surface area contributed by atoms with E-state index < -0.39 is 0 Å². The van der Waals surface area contributed by atoms with Gasteiger partial charge in [-0.05, 0) is 43.9 Å². The first-order chi connectivity index (χ1) is 8.15. The molecule has 2 aliphatic carbocycles. The minimum absolute atomic E-state index is 0.106. The van der Waals surface area contributed by atoms with Crippen LogP contribution in [0.2, 0.25) is 0 Å². The molecule has 4 unspecified atom stereocenters. The van der Waals surface area contributed by atoms with Crippen molar-refractivity contribution in [2.45, 2.75) is 83.4 Å². The lowest BCUT2D eigenvalue weighted by molar-refractivity contribution is 0.102. The number of hydrogen-bond donors (Lipinski definition) is 2. The summed E-state index contributed by atoms with van der Waals surface area (Å²) in [5.74, 6) is 1.69. The van der Waals surface area contributed by atoms with Gasteiger partial charge in [-0.3, -0.25) is 0 Å². The van der Waals surface area contributed by atoms with Crippen LogP contribution in [-0.2, 0) is 0 Å². The Hall–Kier alpha value is -0.0800. The highest BCUT2D eigenvalue weighted by atomic mass is 16.3. The molecule has 0 bridgehead atoms. The molecule has 2 nitrogen and oxygen atoms in total. The molecule has 2 N–H and O–H groups in total. The van der Waals surface area contributed by atoms with Crippen molar-refractivity contribution in [3.05, 3.63) is 0 Å². The molecule has 2 heteroatoms. The summed E-state index contributed by atoms with van der Waals surface area (Å²) in [7, 11) is 0. The van der Waals surface area contributed by atoms with Crippen molar-refractivity contribution in [2.24, 2.45) is 11.8 Å². The van der Waals surface area contributed by atoms with Gasteiger partial charge in [-0.1, -0.05) is 33.1 Å². The highest BCUT2D eigenvalue weighted by Crippen LogP contribution is 2.29. The summed E-state index contributed by atoms with van der Waals surface area (Å²) >= 11 is 0. The third kappa shape index (κ3) is 3.96. The van der Waals surface area contributed by atoms with Crippen LogP contribution in [0.1, 0.15) is 65.2 Å². The summed E-state index contributed by atoms with van der Waals surface area (Å²) in [6.07, 6.45) is 9.82. The number of hydrogen-bond acceptors (Lipinski definition) is 2. The maximum atomic E-state index is 10.1. The fraction of sp³-hybridized carbons (Fsp3) is 1.00. The van der Waals surface area contributed by atoms with E-state index in [1.807, 2.05) is 0 Å². The van der Waals surface area contributed by atoms with Crippen LogP contribution in [-0.4, -0.2) is 23.3 Å². The van der Waals surface area contributed by atoms with Crippen molar-refractivity contribution in [1.29, 1.82) is 0 Å². The molecule has 0 aromatic carbocycles. The molecule has 0 spiro atoms. The zero-order chi connectivity index (χ0) is 12.3. The Labute approximate surface area is 106 Å². The average molecular weight is 239 g/mol. The highest BCUT2D eigenvalue weighted by molar-refractivity contribution is 4.86. The molecular weight excluding hydrogens is 210 g/mol. The Morgan fingerprint density at radius 1 is 0.882 bits per heavy atom. The molecule has 0 aromatic heterocycles. The summed E-state index contributed by atoms with van der Waals surface area (Å²) in [6, 6.07) is 1.01. The van der Waals surface area contributed by atoms with Crippen molar-refractivity contribution in [3.8, 4) is 0 Å². The maximum absolute atomic E-state index is 10.1. The fourth-order valence-electron chi connectivity index (χ4n) is 3.87. The Morgan fingerprint density at radius 2 is 1.53 bits per heavy atom. The lowest BCUT2D eigenvalue weighted by Crippen LogP contribution is -2.47. The van der Waals surface area contributed by atoms with Crippen molar-refractivity contribution >= 4 is 0 Å². The van der Waals surface area contributed by atoms with Gasteiger partial charge in [-0.25, -0.2) is 0 Å². The minimum Gasteiger partial charge on any atom is -0.392 e. The maximum Gasteiger partial charge on any atom is 0.0693 e. The SMILES string of the molecule is CC1CC(C)CC(NC2CCCCCC2O)C1. The lowest BCUT2D eigenvalue weighted by Gasteiger charge is -2.35. The van der Waals surface area contributed by atoms with E-state index in [2.05, 4.69) is 19.2 Å². The Bertz CT molecular complexity index is 221. The van der Waals surface area contributed by atoms with Gasteiger partial charge in [0.15, 0.2) is 0 Å². The summed E-state index contributed by atoms with van der Waals surface area (Å²) in [5, 5.41) is 13.9. The van der Waals surface area contributed by atoms with Gasteiger partial charge in [0.2, 0.25) is 0 Å². The second-order valence-corrected chi connectivity index (χ2v) is 6.59. The lowest BCUT2D eigenvalue weighted by atomic mass is 9.80. The summed E-state index contributed by atoms with van der Waals surface area (Å²) < 4.78 is 0. The van der Waals surface area contributed by atoms with Gasteiger partial charge in [-0.2, -0.15) is 0 Å². The summed E-state index contributed by atoms with van der Waals surface area (Å²) in [5.41, 5.74) is 0. The van der Waals surface area contributed by atoms with Crippen molar-refractivity contribution in [3.63, 3.8) is 0 Å². The van der Waals surface area contributed by atoms with E-state index in [9.17, 15) is 5.11 Å². The van der Waals surface area contributed by atoms with Crippen LogP contribution in [0.4, 0.5) is 0 Å². The molecule has 4 atom stereocenters. The van der Waals surface area contributed by atoms with E-state index >= 15 is 0 Å². The zero-order valence-corrected chi connectivity index (χ0v) is 11.5. The first-order valence-electron chi connectivity index (χ1n) is 7.59. The van der Waals surface area contributed by atoms with Crippen molar-refractivity contribution < 1.29 is 5.11 Å². The predicted molar refractivity (Wildman–Crippen MR) is 72.0 cm³/mol. The molecule has 0 amide bonds.